The van der Waals surface area contributed by atoms with Crippen molar-refractivity contribution in [1.29, 1.82) is 0 Å². The Labute approximate surface area is 100 Å². The molecule has 17 heavy (non-hydrogen) atoms. The number of aryl methyl sites for hydroxylation is 1. The van der Waals surface area contributed by atoms with Crippen molar-refractivity contribution in [3.63, 3.8) is 0 Å². The van der Waals surface area contributed by atoms with Gasteiger partial charge in [0.25, 0.3) is 10.1 Å². The first-order valence-electron chi connectivity index (χ1n) is 5.56. The fraction of sp³-hybridized carbons (Fsp3) is 0.333. The Morgan fingerprint density at radius 1 is 1.18 bits per heavy atom. The molecule has 1 heterocycles. The van der Waals surface area contributed by atoms with Crippen molar-refractivity contribution in [3.05, 3.63) is 36.0 Å². The van der Waals surface area contributed by atoms with E-state index in [9.17, 15) is 8.42 Å². The number of aromatic amines is 1. The maximum absolute atomic E-state index is 10.6. The Kier molecular flexibility index (Phi) is 3.49. The first-order chi connectivity index (χ1) is 8.06. The van der Waals surface area contributed by atoms with Gasteiger partial charge in [0.1, 0.15) is 0 Å². The van der Waals surface area contributed by atoms with E-state index < -0.39 is 10.1 Å². The van der Waals surface area contributed by atoms with Crippen LogP contribution in [-0.4, -0.2) is 23.7 Å². The highest BCUT2D eigenvalue weighted by Crippen LogP contribution is 2.19. The molecule has 0 fully saturated rings. The maximum Gasteiger partial charge on any atom is 0.264 e. The van der Waals surface area contributed by atoms with Crippen LogP contribution in [0.4, 0.5) is 0 Å². The summed E-state index contributed by atoms with van der Waals surface area (Å²) in [4.78, 5) is 3.18. The van der Waals surface area contributed by atoms with Crippen molar-refractivity contribution >= 4 is 21.0 Å². The molecule has 0 unspecified atom stereocenters. The van der Waals surface area contributed by atoms with Gasteiger partial charge in [0.2, 0.25) is 0 Å². The van der Waals surface area contributed by atoms with Gasteiger partial charge in [-0.3, -0.25) is 4.55 Å². The number of nitrogens with one attached hydrogen (secondary N) is 1. The van der Waals surface area contributed by atoms with Crippen molar-refractivity contribution < 1.29 is 13.0 Å². The van der Waals surface area contributed by atoms with E-state index in [1.165, 1.54) is 10.9 Å². The van der Waals surface area contributed by atoms with Crippen LogP contribution in [0.2, 0.25) is 0 Å². The molecule has 2 N–H and O–H groups in total. The summed E-state index contributed by atoms with van der Waals surface area (Å²) in [6.07, 6.45) is 4.01. The molecule has 5 heteroatoms. The molecule has 0 aliphatic rings. The average molecular weight is 253 g/mol. The number of para-hydroxylation sites is 1. The molecule has 0 saturated carbocycles. The minimum Gasteiger partial charge on any atom is -0.361 e. The lowest BCUT2D eigenvalue weighted by Crippen LogP contribution is -2.03. The fourth-order valence-electron chi connectivity index (χ4n) is 1.94. The maximum atomic E-state index is 10.6. The summed E-state index contributed by atoms with van der Waals surface area (Å²) in [5, 5.41) is 1.18. The van der Waals surface area contributed by atoms with E-state index in [0.29, 0.717) is 6.42 Å². The molecule has 0 bridgehead atoms. The summed E-state index contributed by atoms with van der Waals surface area (Å²) in [6, 6.07) is 8.01. The van der Waals surface area contributed by atoms with Gasteiger partial charge in [0.05, 0.1) is 5.75 Å². The van der Waals surface area contributed by atoms with Crippen LogP contribution in [0.15, 0.2) is 30.5 Å². The zero-order valence-corrected chi connectivity index (χ0v) is 10.2. The highest BCUT2D eigenvalue weighted by molar-refractivity contribution is 7.85. The number of benzene rings is 1. The van der Waals surface area contributed by atoms with Gasteiger partial charge in [-0.15, -0.1) is 0 Å². The van der Waals surface area contributed by atoms with Crippen molar-refractivity contribution in [2.75, 3.05) is 5.75 Å². The van der Waals surface area contributed by atoms with Crippen LogP contribution < -0.4 is 0 Å². The van der Waals surface area contributed by atoms with Crippen LogP contribution in [0.3, 0.4) is 0 Å². The first kappa shape index (κ1) is 12.1. The van der Waals surface area contributed by atoms with Gasteiger partial charge in [-0.05, 0) is 30.9 Å². The van der Waals surface area contributed by atoms with E-state index >= 15 is 0 Å². The molecular weight excluding hydrogens is 238 g/mol. The van der Waals surface area contributed by atoms with Gasteiger partial charge in [-0.1, -0.05) is 18.2 Å². The largest absolute Gasteiger partial charge is 0.361 e. The Hall–Kier alpha value is -1.33. The number of hydrogen-bond donors (Lipinski definition) is 2. The van der Waals surface area contributed by atoms with Crippen LogP contribution >= 0.6 is 0 Å². The highest BCUT2D eigenvalue weighted by Gasteiger charge is 2.05. The number of unbranched alkanes of at least 4 members (excludes halogenated alkanes) is 1. The molecule has 1 aromatic heterocycles. The molecule has 0 spiro atoms. The standard InChI is InChI=1S/C12H15NO3S/c14-17(15,16)8-4-3-5-10-9-13-12-7-2-1-6-11(10)12/h1-2,6-7,9,13H,3-5,8H2,(H,14,15,16). The lowest BCUT2D eigenvalue weighted by Gasteiger charge is -1.99. The smallest absolute Gasteiger partial charge is 0.264 e. The third-order valence-electron chi connectivity index (χ3n) is 2.77. The molecule has 2 aromatic rings. The number of aromatic nitrogens is 1. The molecular formula is C12H15NO3S. The number of rotatable bonds is 5. The zero-order chi connectivity index (χ0) is 12.3. The topological polar surface area (TPSA) is 70.2 Å². The first-order valence-corrected chi connectivity index (χ1v) is 7.17. The van der Waals surface area contributed by atoms with Gasteiger partial charge < -0.3 is 4.98 Å². The SMILES string of the molecule is O=S(=O)(O)CCCCc1c[nH]c2ccccc12. The minimum atomic E-state index is -3.82. The Morgan fingerprint density at radius 2 is 1.94 bits per heavy atom. The van der Waals surface area contributed by atoms with Crippen LogP contribution in [0.1, 0.15) is 18.4 Å². The quantitative estimate of drug-likeness (QED) is 0.635. The molecule has 0 aliphatic carbocycles. The Morgan fingerprint density at radius 3 is 2.71 bits per heavy atom. The summed E-state index contributed by atoms with van der Waals surface area (Å²) in [7, 11) is -3.82. The van der Waals surface area contributed by atoms with Gasteiger partial charge in [0.15, 0.2) is 0 Å². The van der Waals surface area contributed by atoms with E-state index in [0.717, 1.165) is 18.4 Å². The summed E-state index contributed by atoms with van der Waals surface area (Å²) in [5.41, 5.74) is 2.29. The second kappa shape index (κ2) is 4.89. The van der Waals surface area contributed by atoms with Crippen molar-refractivity contribution in [2.24, 2.45) is 0 Å². The van der Waals surface area contributed by atoms with Gasteiger partial charge in [-0.2, -0.15) is 8.42 Å². The molecule has 92 valence electrons. The lowest BCUT2D eigenvalue weighted by molar-refractivity contribution is 0.480. The van der Waals surface area contributed by atoms with Crippen molar-refractivity contribution in [2.45, 2.75) is 19.3 Å². The van der Waals surface area contributed by atoms with Crippen molar-refractivity contribution in [3.8, 4) is 0 Å². The summed E-state index contributed by atoms with van der Waals surface area (Å²) in [6.45, 7) is 0. The van der Waals surface area contributed by atoms with Crippen LogP contribution in [0.25, 0.3) is 10.9 Å². The van der Waals surface area contributed by atoms with Gasteiger partial charge >= 0.3 is 0 Å². The second-order valence-corrected chi connectivity index (χ2v) is 5.67. The Balaban J connectivity index is 1.96. The predicted octanol–water partition coefficient (Wildman–Crippen LogP) is 2.38. The number of hydrogen-bond acceptors (Lipinski definition) is 2. The number of fused-ring (bicyclic) bond motifs is 1. The van der Waals surface area contributed by atoms with Crippen LogP contribution in [0, 0.1) is 0 Å². The summed E-state index contributed by atoms with van der Waals surface area (Å²) >= 11 is 0. The molecule has 4 nitrogen and oxygen atoms in total. The van der Waals surface area contributed by atoms with E-state index in [-0.39, 0.29) is 5.75 Å². The van der Waals surface area contributed by atoms with E-state index in [1.54, 1.807) is 0 Å². The van der Waals surface area contributed by atoms with E-state index in [1.807, 2.05) is 30.5 Å². The predicted molar refractivity (Wildman–Crippen MR) is 67.7 cm³/mol. The molecule has 0 atom stereocenters. The molecule has 1 aromatic carbocycles. The third-order valence-corrected chi connectivity index (χ3v) is 3.58. The zero-order valence-electron chi connectivity index (χ0n) is 9.39. The fourth-order valence-corrected chi connectivity index (χ4v) is 2.51. The summed E-state index contributed by atoms with van der Waals surface area (Å²) in [5.74, 6) is -0.157. The highest BCUT2D eigenvalue weighted by atomic mass is 32.2. The van der Waals surface area contributed by atoms with Crippen LogP contribution in [0.5, 0.6) is 0 Å². The number of H-pyrrole nitrogens is 1. The van der Waals surface area contributed by atoms with Crippen LogP contribution in [-0.2, 0) is 16.5 Å². The average Bonchev–Trinajstić information content (AvgIpc) is 2.67. The molecule has 2 rings (SSSR count). The molecule has 0 radical (unpaired) electrons. The summed E-state index contributed by atoms with van der Waals surface area (Å²) < 4.78 is 29.7. The third kappa shape index (κ3) is 3.31. The van der Waals surface area contributed by atoms with Crippen molar-refractivity contribution in [1.82, 2.24) is 4.98 Å². The second-order valence-electron chi connectivity index (χ2n) is 4.10. The van der Waals surface area contributed by atoms with E-state index in [4.69, 9.17) is 4.55 Å². The van der Waals surface area contributed by atoms with Gasteiger partial charge in [0, 0.05) is 17.1 Å². The van der Waals surface area contributed by atoms with Gasteiger partial charge in [-0.25, -0.2) is 0 Å². The monoisotopic (exact) mass is 253 g/mol. The van der Waals surface area contributed by atoms with E-state index in [2.05, 4.69) is 4.98 Å². The molecule has 0 amide bonds. The molecule has 0 saturated heterocycles. The minimum absolute atomic E-state index is 0.157. The molecule has 0 aliphatic heterocycles. The normalized spacial score (nSPS) is 12.1. The lowest BCUT2D eigenvalue weighted by atomic mass is 10.1. The Bertz CT molecular complexity index is 601.